The van der Waals surface area contributed by atoms with Crippen molar-refractivity contribution >= 4 is 17.5 Å². The van der Waals surface area contributed by atoms with Crippen LogP contribution in [-0.4, -0.2) is 57.6 Å². The minimum atomic E-state index is -0.364. The summed E-state index contributed by atoms with van der Waals surface area (Å²) in [5.74, 6) is -0.165. The Balaban J connectivity index is 1.61. The van der Waals surface area contributed by atoms with Crippen molar-refractivity contribution in [1.29, 1.82) is 0 Å². The largest absolute Gasteiger partial charge is 0.339 e. The SMILES string of the molecule is CCN(CC)C(=O)c1cccc(NC(=O)C(C)N(C)Cc2cnn(-c3ccccc3)c2)c1. The topological polar surface area (TPSA) is 70.5 Å². The first-order chi connectivity index (χ1) is 15.4. The fraction of sp³-hybridized carbons (Fsp3) is 0.320. The minimum Gasteiger partial charge on any atom is -0.339 e. The number of nitrogens with one attached hydrogen (secondary N) is 1. The molecule has 0 aliphatic heterocycles. The molecule has 2 amide bonds. The Labute approximate surface area is 189 Å². The number of carbonyl (C=O) groups is 2. The molecule has 3 rings (SSSR count). The molecule has 1 atom stereocenters. The maximum absolute atomic E-state index is 12.8. The first-order valence-electron chi connectivity index (χ1n) is 10.9. The third-order valence-electron chi connectivity index (χ3n) is 5.56. The van der Waals surface area contributed by atoms with E-state index in [-0.39, 0.29) is 17.9 Å². The van der Waals surface area contributed by atoms with Gasteiger partial charge in [-0.15, -0.1) is 0 Å². The zero-order chi connectivity index (χ0) is 23.1. The molecule has 0 aliphatic rings. The highest BCUT2D eigenvalue weighted by Gasteiger charge is 2.20. The van der Waals surface area contributed by atoms with Gasteiger partial charge in [-0.25, -0.2) is 4.68 Å². The minimum absolute atomic E-state index is 0.0355. The molecule has 1 heterocycles. The number of hydrogen-bond donors (Lipinski definition) is 1. The Bertz CT molecular complexity index is 1040. The van der Waals surface area contributed by atoms with Crippen molar-refractivity contribution in [3.8, 4) is 5.69 Å². The molecule has 168 valence electrons. The third-order valence-corrected chi connectivity index (χ3v) is 5.56. The first kappa shape index (κ1) is 23.2. The molecule has 0 saturated heterocycles. The highest BCUT2D eigenvalue weighted by Crippen LogP contribution is 2.15. The number of rotatable bonds is 9. The maximum Gasteiger partial charge on any atom is 0.253 e. The standard InChI is InChI=1S/C25H31N5O2/c1-5-29(6-2)25(32)21-11-10-12-22(15-21)27-24(31)19(3)28(4)17-20-16-26-30(18-20)23-13-8-7-9-14-23/h7-16,18-19H,5-6,17H2,1-4H3,(H,27,31). The summed E-state index contributed by atoms with van der Waals surface area (Å²) in [6.45, 7) is 7.65. The van der Waals surface area contributed by atoms with Gasteiger partial charge in [0.25, 0.3) is 5.91 Å². The molecule has 0 spiro atoms. The predicted molar refractivity (Wildman–Crippen MR) is 127 cm³/mol. The van der Waals surface area contributed by atoms with Gasteiger partial charge in [0.1, 0.15) is 0 Å². The zero-order valence-corrected chi connectivity index (χ0v) is 19.2. The molecule has 7 heteroatoms. The molecule has 2 aromatic carbocycles. The number of nitrogens with zero attached hydrogens (tertiary/aromatic N) is 4. The van der Waals surface area contributed by atoms with Crippen molar-refractivity contribution in [2.75, 3.05) is 25.5 Å². The fourth-order valence-corrected chi connectivity index (χ4v) is 3.46. The Hall–Kier alpha value is -3.45. The van der Waals surface area contributed by atoms with Gasteiger partial charge in [-0.2, -0.15) is 5.10 Å². The van der Waals surface area contributed by atoms with E-state index in [2.05, 4.69) is 10.4 Å². The summed E-state index contributed by atoms with van der Waals surface area (Å²) in [6.07, 6.45) is 3.79. The summed E-state index contributed by atoms with van der Waals surface area (Å²) < 4.78 is 1.83. The Kier molecular flexibility index (Phi) is 7.78. The summed E-state index contributed by atoms with van der Waals surface area (Å²) in [6, 6.07) is 16.6. The van der Waals surface area contributed by atoms with E-state index in [0.29, 0.717) is 30.9 Å². The van der Waals surface area contributed by atoms with Gasteiger partial charge in [0.2, 0.25) is 5.91 Å². The van der Waals surface area contributed by atoms with Crippen LogP contribution in [0.3, 0.4) is 0 Å². The molecule has 0 saturated carbocycles. The van der Waals surface area contributed by atoms with Crippen LogP contribution in [0.4, 0.5) is 5.69 Å². The van der Waals surface area contributed by atoms with Crippen LogP contribution < -0.4 is 5.32 Å². The molecule has 0 fully saturated rings. The lowest BCUT2D eigenvalue weighted by atomic mass is 10.1. The number of benzene rings is 2. The van der Waals surface area contributed by atoms with Crippen LogP contribution in [0.2, 0.25) is 0 Å². The van der Waals surface area contributed by atoms with Crippen LogP contribution in [0.1, 0.15) is 36.7 Å². The van der Waals surface area contributed by atoms with E-state index in [0.717, 1.165) is 11.3 Å². The van der Waals surface area contributed by atoms with E-state index < -0.39 is 0 Å². The monoisotopic (exact) mass is 433 g/mol. The van der Waals surface area contributed by atoms with Gasteiger partial charge in [-0.3, -0.25) is 14.5 Å². The quantitative estimate of drug-likeness (QED) is 0.557. The second kappa shape index (κ2) is 10.7. The molecule has 32 heavy (non-hydrogen) atoms. The molecule has 1 N–H and O–H groups in total. The van der Waals surface area contributed by atoms with Gasteiger partial charge in [-0.1, -0.05) is 24.3 Å². The van der Waals surface area contributed by atoms with E-state index in [4.69, 9.17) is 0 Å². The van der Waals surface area contributed by atoms with Crippen molar-refractivity contribution in [2.24, 2.45) is 0 Å². The number of para-hydroxylation sites is 1. The van der Waals surface area contributed by atoms with E-state index >= 15 is 0 Å². The van der Waals surface area contributed by atoms with Crippen molar-refractivity contribution in [2.45, 2.75) is 33.4 Å². The number of anilines is 1. The average molecular weight is 434 g/mol. The number of hydrogen-bond acceptors (Lipinski definition) is 4. The van der Waals surface area contributed by atoms with Crippen LogP contribution in [0.25, 0.3) is 5.69 Å². The summed E-state index contributed by atoms with van der Waals surface area (Å²) in [5.41, 5.74) is 3.19. The molecule has 0 bridgehead atoms. The lowest BCUT2D eigenvalue weighted by Gasteiger charge is -2.23. The average Bonchev–Trinajstić information content (AvgIpc) is 3.28. The van der Waals surface area contributed by atoms with Gasteiger partial charge < -0.3 is 10.2 Å². The molecule has 7 nitrogen and oxygen atoms in total. The van der Waals surface area contributed by atoms with E-state index in [1.165, 1.54) is 0 Å². The first-order valence-corrected chi connectivity index (χ1v) is 10.9. The van der Waals surface area contributed by atoms with Gasteiger partial charge in [0.05, 0.1) is 17.9 Å². The van der Waals surface area contributed by atoms with Gasteiger partial charge in [0, 0.05) is 42.6 Å². The Morgan fingerprint density at radius 2 is 1.78 bits per heavy atom. The third kappa shape index (κ3) is 5.62. The normalized spacial score (nSPS) is 11.9. The molecule has 1 aromatic heterocycles. The molecular weight excluding hydrogens is 402 g/mol. The second-order valence-corrected chi connectivity index (χ2v) is 7.77. The second-order valence-electron chi connectivity index (χ2n) is 7.77. The molecule has 1 unspecified atom stereocenters. The summed E-state index contributed by atoms with van der Waals surface area (Å²) in [4.78, 5) is 29.1. The summed E-state index contributed by atoms with van der Waals surface area (Å²) in [5, 5.41) is 7.36. The summed E-state index contributed by atoms with van der Waals surface area (Å²) in [7, 11) is 1.91. The van der Waals surface area contributed by atoms with Crippen molar-refractivity contribution in [3.05, 3.63) is 78.1 Å². The van der Waals surface area contributed by atoms with Crippen LogP contribution in [0, 0.1) is 0 Å². The summed E-state index contributed by atoms with van der Waals surface area (Å²) >= 11 is 0. The van der Waals surface area contributed by atoms with Crippen LogP contribution >= 0.6 is 0 Å². The highest BCUT2D eigenvalue weighted by atomic mass is 16.2. The van der Waals surface area contributed by atoms with Crippen molar-refractivity contribution in [1.82, 2.24) is 19.6 Å². The Morgan fingerprint density at radius 1 is 1.06 bits per heavy atom. The predicted octanol–water partition coefficient (Wildman–Crippen LogP) is 3.81. The van der Waals surface area contributed by atoms with Crippen LogP contribution in [0.5, 0.6) is 0 Å². The maximum atomic E-state index is 12.8. The number of likely N-dealkylation sites (N-methyl/N-ethyl adjacent to an activating group) is 1. The molecule has 0 radical (unpaired) electrons. The van der Waals surface area contributed by atoms with Gasteiger partial charge >= 0.3 is 0 Å². The van der Waals surface area contributed by atoms with Crippen LogP contribution in [0.15, 0.2) is 67.0 Å². The number of amides is 2. The van der Waals surface area contributed by atoms with E-state index in [1.54, 1.807) is 29.2 Å². The van der Waals surface area contributed by atoms with E-state index in [1.807, 2.05) is 80.1 Å². The molecular formula is C25H31N5O2. The molecule has 3 aromatic rings. The Morgan fingerprint density at radius 3 is 2.47 bits per heavy atom. The van der Waals surface area contributed by atoms with E-state index in [9.17, 15) is 9.59 Å². The van der Waals surface area contributed by atoms with Gasteiger partial charge in [-0.05, 0) is 58.2 Å². The lowest BCUT2D eigenvalue weighted by Crippen LogP contribution is -2.39. The van der Waals surface area contributed by atoms with Crippen molar-refractivity contribution < 1.29 is 9.59 Å². The van der Waals surface area contributed by atoms with Gasteiger partial charge in [0.15, 0.2) is 0 Å². The number of aromatic nitrogens is 2. The number of carbonyl (C=O) groups excluding carboxylic acids is 2. The fourth-order valence-electron chi connectivity index (χ4n) is 3.46. The zero-order valence-electron chi connectivity index (χ0n) is 19.2. The lowest BCUT2D eigenvalue weighted by molar-refractivity contribution is -0.120. The smallest absolute Gasteiger partial charge is 0.253 e. The van der Waals surface area contributed by atoms with Crippen molar-refractivity contribution in [3.63, 3.8) is 0 Å². The van der Waals surface area contributed by atoms with Crippen LogP contribution in [-0.2, 0) is 11.3 Å². The highest BCUT2D eigenvalue weighted by molar-refractivity contribution is 5.98. The molecule has 0 aliphatic carbocycles.